The lowest BCUT2D eigenvalue weighted by molar-refractivity contribution is 0.498. The minimum absolute atomic E-state index is 0.0625. The molecule has 102 valence electrons. The van der Waals surface area contributed by atoms with E-state index in [-0.39, 0.29) is 5.82 Å². The third-order valence-electron chi connectivity index (χ3n) is 4.00. The van der Waals surface area contributed by atoms with Crippen LogP contribution in [-0.4, -0.2) is 12.3 Å². The molecule has 1 aliphatic heterocycles. The van der Waals surface area contributed by atoms with Gasteiger partial charge in [0.2, 0.25) is 0 Å². The third-order valence-corrected chi connectivity index (χ3v) is 5.16. The van der Waals surface area contributed by atoms with Crippen LogP contribution in [0.25, 0.3) is 0 Å². The van der Waals surface area contributed by atoms with Crippen LogP contribution >= 0.6 is 11.8 Å². The molecule has 0 saturated carbocycles. The van der Waals surface area contributed by atoms with Crippen molar-refractivity contribution < 1.29 is 4.39 Å². The van der Waals surface area contributed by atoms with Crippen LogP contribution < -0.4 is 5.32 Å². The molecule has 0 spiro atoms. The molecular formula is C16H20FNS. The zero-order valence-electron chi connectivity index (χ0n) is 11.1. The Bertz CT molecular complexity index is 484. The van der Waals surface area contributed by atoms with Crippen molar-refractivity contribution in [1.82, 2.24) is 5.32 Å². The van der Waals surface area contributed by atoms with Crippen molar-refractivity contribution >= 4 is 11.8 Å². The van der Waals surface area contributed by atoms with Gasteiger partial charge >= 0.3 is 0 Å². The summed E-state index contributed by atoms with van der Waals surface area (Å²) >= 11 is 1.65. The van der Waals surface area contributed by atoms with Gasteiger partial charge in [-0.25, -0.2) is 4.39 Å². The van der Waals surface area contributed by atoms with E-state index in [2.05, 4.69) is 17.5 Å². The predicted octanol–water partition coefficient (Wildman–Crippen LogP) is 4.45. The maximum atomic E-state index is 13.8. The average molecular weight is 277 g/mol. The molecule has 3 rings (SSSR count). The first-order valence-corrected chi connectivity index (χ1v) is 8.15. The van der Waals surface area contributed by atoms with Gasteiger partial charge in [0.25, 0.3) is 0 Å². The lowest BCUT2D eigenvalue weighted by atomic mass is 10.0. The van der Waals surface area contributed by atoms with E-state index in [1.54, 1.807) is 23.4 Å². The van der Waals surface area contributed by atoms with Gasteiger partial charge in [-0.15, -0.1) is 11.8 Å². The number of fused-ring (bicyclic) bond motifs is 1. The van der Waals surface area contributed by atoms with E-state index < -0.39 is 0 Å². The number of rotatable bonds is 4. The quantitative estimate of drug-likeness (QED) is 0.816. The number of halogens is 1. The van der Waals surface area contributed by atoms with Gasteiger partial charge in [0.1, 0.15) is 5.82 Å². The van der Waals surface area contributed by atoms with Crippen LogP contribution in [-0.2, 0) is 0 Å². The molecule has 0 radical (unpaired) electrons. The second kappa shape index (κ2) is 6.10. The Hall–Kier alpha value is -0.800. The average Bonchev–Trinajstić information content (AvgIpc) is 2.93. The Morgan fingerprint density at radius 1 is 1.37 bits per heavy atom. The highest BCUT2D eigenvalue weighted by Gasteiger charge is 2.22. The highest BCUT2D eigenvalue weighted by Crippen LogP contribution is 2.37. The topological polar surface area (TPSA) is 12.0 Å². The molecule has 1 aliphatic carbocycles. The fourth-order valence-electron chi connectivity index (χ4n) is 2.97. The fourth-order valence-corrected chi connectivity index (χ4v) is 4.11. The van der Waals surface area contributed by atoms with Gasteiger partial charge in [0, 0.05) is 10.9 Å². The number of allylic oxidation sites excluding steroid dienone is 1. The summed E-state index contributed by atoms with van der Waals surface area (Å²) in [5.74, 6) is 0.946. The monoisotopic (exact) mass is 277 g/mol. The summed E-state index contributed by atoms with van der Waals surface area (Å²) in [5, 5.41) is 3.61. The minimum atomic E-state index is -0.0625. The Labute approximate surface area is 118 Å². The highest BCUT2D eigenvalue weighted by atomic mass is 32.2. The van der Waals surface area contributed by atoms with E-state index in [1.165, 1.54) is 19.3 Å². The summed E-state index contributed by atoms with van der Waals surface area (Å²) in [7, 11) is 0. The van der Waals surface area contributed by atoms with Crippen LogP contribution in [0.5, 0.6) is 0 Å². The molecule has 0 saturated heterocycles. The molecule has 1 atom stereocenters. The second-order valence-electron chi connectivity index (χ2n) is 5.31. The van der Waals surface area contributed by atoms with Crippen molar-refractivity contribution in [2.24, 2.45) is 0 Å². The SMILES string of the molecule is Fc1cccc2c1SCCC2NCCC1=CCCC1. The standard InChI is InChI=1S/C16H20FNS/c17-14-7-3-6-13-15(9-11-19-16(13)14)18-10-8-12-4-1-2-5-12/h3-4,6-7,15,18H,1-2,5,8-11H2. The Morgan fingerprint density at radius 3 is 3.16 bits per heavy atom. The number of hydrogen-bond donors (Lipinski definition) is 1. The molecule has 1 heterocycles. The molecule has 19 heavy (non-hydrogen) atoms. The fraction of sp³-hybridized carbons (Fsp3) is 0.500. The first-order valence-electron chi connectivity index (χ1n) is 7.17. The van der Waals surface area contributed by atoms with Crippen LogP contribution in [0.4, 0.5) is 4.39 Å². The number of nitrogens with one attached hydrogen (secondary N) is 1. The van der Waals surface area contributed by atoms with Gasteiger partial charge < -0.3 is 5.32 Å². The zero-order chi connectivity index (χ0) is 13.1. The van der Waals surface area contributed by atoms with Crippen LogP contribution in [0.1, 0.15) is 43.7 Å². The van der Waals surface area contributed by atoms with Gasteiger partial charge in [-0.1, -0.05) is 23.8 Å². The Kier molecular flexibility index (Phi) is 4.24. The molecule has 1 nitrogen and oxygen atoms in total. The summed E-state index contributed by atoms with van der Waals surface area (Å²) in [6.45, 7) is 1.01. The molecule has 1 aromatic rings. The van der Waals surface area contributed by atoms with Crippen LogP contribution in [0.15, 0.2) is 34.7 Å². The van der Waals surface area contributed by atoms with Crippen molar-refractivity contribution in [3.8, 4) is 0 Å². The molecule has 1 N–H and O–H groups in total. The summed E-state index contributed by atoms with van der Waals surface area (Å²) in [5.41, 5.74) is 2.74. The van der Waals surface area contributed by atoms with Crippen LogP contribution in [0, 0.1) is 5.82 Å². The molecule has 1 unspecified atom stereocenters. The first-order chi connectivity index (χ1) is 9.34. The number of hydrogen-bond acceptors (Lipinski definition) is 2. The molecule has 0 bridgehead atoms. The van der Waals surface area contributed by atoms with E-state index in [1.807, 2.05) is 6.07 Å². The highest BCUT2D eigenvalue weighted by molar-refractivity contribution is 7.99. The molecular weight excluding hydrogens is 257 g/mol. The predicted molar refractivity (Wildman–Crippen MR) is 79.0 cm³/mol. The van der Waals surface area contributed by atoms with Crippen LogP contribution in [0.2, 0.25) is 0 Å². The molecule has 1 aromatic carbocycles. The normalized spacial score (nSPS) is 22.2. The smallest absolute Gasteiger partial charge is 0.137 e. The maximum Gasteiger partial charge on any atom is 0.137 e. The summed E-state index contributed by atoms with van der Waals surface area (Å²) in [6, 6.07) is 5.79. The zero-order valence-corrected chi connectivity index (χ0v) is 11.9. The third kappa shape index (κ3) is 3.03. The Balaban J connectivity index is 1.62. The van der Waals surface area contributed by atoms with E-state index in [0.29, 0.717) is 6.04 Å². The molecule has 0 amide bonds. The minimum Gasteiger partial charge on any atom is -0.310 e. The van der Waals surface area contributed by atoms with Crippen LogP contribution in [0.3, 0.4) is 0 Å². The first kappa shape index (κ1) is 13.2. The van der Waals surface area contributed by atoms with Crippen molar-refractivity contribution in [2.75, 3.05) is 12.3 Å². The largest absolute Gasteiger partial charge is 0.310 e. The number of benzene rings is 1. The lowest BCUT2D eigenvalue weighted by Crippen LogP contribution is -2.26. The second-order valence-corrected chi connectivity index (χ2v) is 6.41. The van der Waals surface area contributed by atoms with Gasteiger partial charge in [-0.2, -0.15) is 0 Å². The van der Waals surface area contributed by atoms with Crippen molar-refractivity contribution in [2.45, 2.75) is 43.0 Å². The van der Waals surface area contributed by atoms with Crippen molar-refractivity contribution in [1.29, 1.82) is 0 Å². The molecule has 2 aliphatic rings. The lowest BCUT2D eigenvalue weighted by Gasteiger charge is -2.26. The van der Waals surface area contributed by atoms with Gasteiger partial charge in [0.15, 0.2) is 0 Å². The molecule has 0 fully saturated rings. The van der Waals surface area contributed by atoms with E-state index in [0.717, 1.165) is 35.6 Å². The van der Waals surface area contributed by atoms with E-state index in [4.69, 9.17) is 0 Å². The number of thioether (sulfide) groups is 1. The van der Waals surface area contributed by atoms with Crippen molar-refractivity contribution in [3.05, 3.63) is 41.2 Å². The summed E-state index contributed by atoms with van der Waals surface area (Å²) in [6.07, 6.45) is 8.47. The molecule has 3 heteroatoms. The summed E-state index contributed by atoms with van der Waals surface area (Å²) in [4.78, 5) is 0.853. The maximum absolute atomic E-state index is 13.8. The van der Waals surface area contributed by atoms with E-state index >= 15 is 0 Å². The van der Waals surface area contributed by atoms with E-state index in [9.17, 15) is 4.39 Å². The van der Waals surface area contributed by atoms with Gasteiger partial charge in [-0.05, 0) is 56.0 Å². The van der Waals surface area contributed by atoms with Gasteiger partial charge in [-0.3, -0.25) is 0 Å². The van der Waals surface area contributed by atoms with Crippen molar-refractivity contribution in [3.63, 3.8) is 0 Å². The van der Waals surface area contributed by atoms with Gasteiger partial charge in [0.05, 0.1) is 0 Å². The molecule has 0 aromatic heterocycles. The summed E-state index contributed by atoms with van der Waals surface area (Å²) < 4.78 is 13.8. The Morgan fingerprint density at radius 2 is 2.32 bits per heavy atom.